The summed E-state index contributed by atoms with van der Waals surface area (Å²) in [4.78, 5) is 28.8. The van der Waals surface area contributed by atoms with Gasteiger partial charge in [-0.05, 0) is 74.0 Å². The van der Waals surface area contributed by atoms with Crippen LogP contribution in [0.3, 0.4) is 0 Å². The summed E-state index contributed by atoms with van der Waals surface area (Å²) in [5.41, 5.74) is 0.926. The van der Waals surface area contributed by atoms with Gasteiger partial charge in [0.15, 0.2) is 0 Å². The molecular weight excluding hydrogens is 600 g/mol. The maximum atomic E-state index is 14.9. The molecule has 0 unspecified atom stereocenters. The molecule has 0 saturated heterocycles. The Kier molecular flexibility index (Phi) is 11.3. The number of halogens is 2. The fourth-order valence-electron chi connectivity index (χ4n) is 4.79. The second kappa shape index (κ2) is 15.3. The summed E-state index contributed by atoms with van der Waals surface area (Å²) >= 11 is 0. The van der Waals surface area contributed by atoms with Crippen LogP contribution in [0, 0.1) is 11.6 Å². The first-order chi connectivity index (χ1) is 21.6. The zero-order chi connectivity index (χ0) is 32.4. The number of ether oxygens (including phenoxy) is 1. The highest BCUT2D eigenvalue weighted by Crippen LogP contribution is 2.27. The maximum Gasteiger partial charge on any atom is 0.264 e. The predicted molar refractivity (Wildman–Crippen MR) is 168 cm³/mol. The molecule has 0 aliphatic carbocycles. The van der Waals surface area contributed by atoms with Gasteiger partial charge in [0.2, 0.25) is 11.8 Å². The van der Waals surface area contributed by atoms with Crippen molar-refractivity contribution in [1.82, 2.24) is 10.2 Å². The number of nitrogens with one attached hydrogen (secondary N) is 1. The topological polar surface area (TPSA) is 96.0 Å². The molecular formula is C34H35F2N3O5S. The molecule has 4 aromatic carbocycles. The Bertz CT molecular complexity index is 1690. The number of nitrogens with zero attached hydrogens (tertiary/aromatic N) is 2. The fraction of sp³-hybridized carbons (Fsp3) is 0.235. The van der Waals surface area contributed by atoms with E-state index in [0.717, 1.165) is 22.0 Å². The second-order valence-corrected chi connectivity index (χ2v) is 12.0. The van der Waals surface area contributed by atoms with Gasteiger partial charge in [-0.2, -0.15) is 0 Å². The molecule has 8 nitrogen and oxygen atoms in total. The number of rotatable bonds is 14. The molecule has 0 aliphatic rings. The van der Waals surface area contributed by atoms with Crippen molar-refractivity contribution >= 4 is 27.5 Å². The van der Waals surface area contributed by atoms with Crippen LogP contribution < -0.4 is 14.4 Å². The number of anilines is 1. The van der Waals surface area contributed by atoms with E-state index in [1.807, 2.05) is 6.07 Å². The smallest absolute Gasteiger partial charge is 0.264 e. The van der Waals surface area contributed by atoms with Crippen LogP contribution in [-0.2, 0) is 32.6 Å². The van der Waals surface area contributed by atoms with Gasteiger partial charge < -0.3 is 15.0 Å². The SMILES string of the molecule is CCNC(=O)[C@@H](Cc1ccccc1)N(Cc1ccccc1F)C(=O)CN(c1ccc(F)cc1)S(=O)(=O)c1ccc(OCC)cc1. The zero-order valence-corrected chi connectivity index (χ0v) is 25.8. The van der Waals surface area contributed by atoms with Gasteiger partial charge in [0.1, 0.15) is 30.0 Å². The Morgan fingerprint density at radius 2 is 1.49 bits per heavy atom. The highest BCUT2D eigenvalue weighted by molar-refractivity contribution is 7.92. The number of hydrogen-bond donors (Lipinski definition) is 1. The van der Waals surface area contributed by atoms with Crippen LogP contribution >= 0.6 is 0 Å². The average molecular weight is 636 g/mol. The lowest BCUT2D eigenvalue weighted by molar-refractivity contribution is -0.140. The van der Waals surface area contributed by atoms with Crippen molar-refractivity contribution in [3.8, 4) is 5.75 Å². The van der Waals surface area contributed by atoms with Crippen LogP contribution in [0.15, 0.2) is 108 Å². The van der Waals surface area contributed by atoms with Gasteiger partial charge in [-0.15, -0.1) is 0 Å². The summed E-state index contributed by atoms with van der Waals surface area (Å²) in [6.07, 6.45) is 0.0923. The summed E-state index contributed by atoms with van der Waals surface area (Å²) < 4.78 is 63.2. The summed E-state index contributed by atoms with van der Waals surface area (Å²) in [5.74, 6) is -1.95. The molecule has 4 aromatic rings. The number of hydrogen-bond acceptors (Lipinski definition) is 5. The van der Waals surface area contributed by atoms with Gasteiger partial charge in [0.25, 0.3) is 10.0 Å². The fourth-order valence-corrected chi connectivity index (χ4v) is 6.21. The molecule has 0 heterocycles. The molecule has 1 N–H and O–H groups in total. The molecule has 0 saturated carbocycles. The highest BCUT2D eigenvalue weighted by Gasteiger charge is 2.35. The highest BCUT2D eigenvalue weighted by atomic mass is 32.2. The zero-order valence-electron chi connectivity index (χ0n) is 25.0. The molecule has 4 rings (SSSR count). The Morgan fingerprint density at radius 1 is 0.844 bits per heavy atom. The molecule has 0 radical (unpaired) electrons. The number of amides is 2. The summed E-state index contributed by atoms with van der Waals surface area (Å²) in [7, 11) is -4.39. The first kappa shape index (κ1) is 33.1. The molecule has 0 fully saturated rings. The van der Waals surface area contributed by atoms with Crippen molar-refractivity contribution in [2.75, 3.05) is 24.0 Å². The quantitative estimate of drug-likeness (QED) is 0.202. The molecule has 0 bridgehead atoms. The third kappa shape index (κ3) is 8.45. The first-order valence-corrected chi connectivity index (χ1v) is 15.9. The molecule has 0 spiro atoms. The number of sulfonamides is 1. The molecule has 11 heteroatoms. The number of carbonyl (C=O) groups is 2. The van der Waals surface area contributed by atoms with Crippen molar-refractivity contribution in [3.63, 3.8) is 0 Å². The number of carbonyl (C=O) groups excluding carboxylic acids is 2. The van der Waals surface area contributed by atoms with Gasteiger partial charge in [-0.25, -0.2) is 17.2 Å². The van der Waals surface area contributed by atoms with E-state index < -0.39 is 46.1 Å². The van der Waals surface area contributed by atoms with Gasteiger partial charge in [-0.3, -0.25) is 13.9 Å². The van der Waals surface area contributed by atoms with Crippen LogP contribution in [0.25, 0.3) is 0 Å². The van der Waals surface area contributed by atoms with Crippen molar-refractivity contribution in [1.29, 1.82) is 0 Å². The monoisotopic (exact) mass is 635 g/mol. The largest absolute Gasteiger partial charge is 0.494 e. The Morgan fingerprint density at radius 3 is 2.11 bits per heavy atom. The van der Waals surface area contributed by atoms with Crippen molar-refractivity contribution < 1.29 is 31.5 Å². The average Bonchev–Trinajstić information content (AvgIpc) is 3.04. The van der Waals surface area contributed by atoms with E-state index in [-0.39, 0.29) is 35.7 Å². The second-order valence-electron chi connectivity index (χ2n) is 10.1. The maximum absolute atomic E-state index is 14.9. The Balaban J connectivity index is 1.79. The van der Waals surface area contributed by atoms with Crippen molar-refractivity contribution in [2.45, 2.75) is 37.8 Å². The first-order valence-electron chi connectivity index (χ1n) is 14.5. The van der Waals surface area contributed by atoms with Crippen LogP contribution in [0.4, 0.5) is 14.5 Å². The van der Waals surface area contributed by atoms with Crippen LogP contribution in [0.2, 0.25) is 0 Å². The molecule has 2 amide bonds. The van der Waals surface area contributed by atoms with E-state index in [4.69, 9.17) is 4.74 Å². The van der Waals surface area contributed by atoms with E-state index in [1.54, 1.807) is 44.2 Å². The van der Waals surface area contributed by atoms with E-state index in [9.17, 15) is 26.8 Å². The third-order valence-electron chi connectivity index (χ3n) is 7.04. The van der Waals surface area contributed by atoms with Gasteiger partial charge in [0, 0.05) is 25.1 Å². The minimum Gasteiger partial charge on any atom is -0.494 e. The Labute approximate surface area is 262 Å². The van der Waals surface area contributed by atoms with Gasteiger partial charge in [0.05, 0.1) is 17.2 Å². The molecule has 45 heavy (non-hydrogen) atoms. The lowest BCUT2D eigenvalue weighted by Crippen LogP contribution is -2.53. The Hall–Kier alpha value is -4.77. The minimum atomic E-state index is -4.39. The normalized spacial score (nSPS) is 11.8. The molecule has 1 atom stereocenters. The molecule has 236 valence electrons. The van der Waals surface area contributed by atoms with Gasteiger partial charge in [-0.1, -0.05) is 48.5 Å². The van der Waals surface area contributed by atoms with Crippen LogP contribution in [0.5, 0.6) is 5.75 Å². The van der Waals surface area contributed by atoms with Gasteiger partial charge >= 0.3 is 0 Å². The summed E-state index contributed by atoms with van der Waals surface area (Å²) in [6.45, 7) is 3.14. The number of likely N-dealkylation sites (N-methyl/N-ethyl adjacent to an activating group) is 1. The van der Waals surface area contributed by atoms with E-state index in [2.05, 4.69) is 5.32 Å². The van der Waals surface area contributed by atoms with E-state index in [1.165, 1.54) is 59.5 Å². The third-order valence-corrected chi connectivity index (χ3v) is 8.82. The lowest BCUT2D eigenvalue weighted by atomic mass is 10.0. The van der Waals surface area contributed by atoms with E-state index >= 15 is 0 Å². The van der Waals surface area contributed by atoms with Crippen molar-refractivity contribution in [2.24, 2.45) is 0 Å². The summed E-state index contributed by atoms with van der Waals surface area (Å²) in [6, 6.07) is 24.2. The van der Waals surface area contributed by atoms with Crippen LogP contribution in [0.1, 0.15) is 25.0 Å². The number of benzene rings is 4. The molecule has 0 aromatic heterocycles. The van der Waals surface area contributed by atoms with E-state index in [0.29, 0.717) is 12.4 Å². The standard InChI is InChI=1S/C34H35F2N3O5S/c1-3-37-34(41)32(22-25-10-6-5-7-11-25)38(23-26-12-8-9-13-31(26)36)33(40)24-39(28-16-14-27(35)15-17-28)45(42,43)30-20-18-29(19-21-30)44-4-2/h5-21,32H,3-4,22-24H2,1-2H3,(H,37,41)/t32-/m1/s1. The minimum absolute atomic E-state index is 0.0297. The summed E-state index contributed by atoms with van der Waals surface area (Å²) in [5, 5.41) is 2.75. The lowest BCUT2D eigenvalue weighted by Gasteiger charge is -2.34. The van der Waals surface area contributed by atoms with Crippen LogP contribution in [-0.4, -0.2) is 50.9 Å². The predicted octanol–water partition coefficient (Wildman–Crippen LogP) is 5.34. The molecule has 0 aliphatic heterocycles. The van der Waals surface area contributed by atoms with Crippen molar-refractivity contribution in [3.05, 3.63) is 126 Å².